The van der Waals surface area contributed by atoms with E-state index in [4.69, 9.17) is 22.1 Å². The number of nitrogens with one attached hydrogen (secondary N) is 1. The molecule has 2 unspecified atom stereocenters. The second-order valence-corrected chi connectivity index (χ2v) is 6.16. The lowest BCUT2D eigenvalue weighted by Crippen LogP contribution is -2.20. The number of hydrogen-bond acceptors (Lipinski definition) is 4. The first-order chi connectivity index (χ1) is 9.06. The molecule has 2 atom stereocenters. The van der Waals surface area contributed by atoms with Gasteiger partial charge >= 0.3 is 0 Å². The van der Waals surface area contributed by atoms with Crippen molar-refractivity contribution in [2.75, 3.05) is 23.4 Å². The molecule has 6 heteroatoms. The van der Waals surface area contributed by atoms with Gasteiger partial charge in [-0.15, -0.1) is 11.8 Å². The standard InChI is InChI=1S/C13H17ClN2O2S/c1-8-12(4-5-18-8)19-7-13(17)16-11-3-2-9(14)6-10(11)15/h2-3,6,8,12H,4-5,7,15H2,1H3,(H,16,17). The average Bonchev–Trinajstić information content (AvgIpc) is 2.76. The maximum Gasteiger partial charge on any atom is 0.234 e. The molecule has 1 fully saturated rings. The van der Waals surface area contributed by atoms with Crippen molar-refractivity contribution in [2.45, 2.75) is 24.7 Å². The Balaban J connectivity index is 1.84. The second kappa shape index (κ2) is 6.50. The smallest absolute Gasteiger partial charge is 0.234 e. The van der Waals surface area contributed by atoms with Gasteiger partial charge in [0, 0.05) is 16.9 Å². The van der Waals surface area contributed by atoms with Crippen LogP contribution in [0, 0.1) is 0 Å². The molecule has 4 nitrogen and oxygen atoms in total. The lowest BCUT2D eigenvalue weighted by molar-refractivity contribution is -0.113. The predicted molar refractivity (Wildman–Crippen MR) is 80.8 cm³/mol. The molecule has 1 aliphatic rings. The Hall–Kier alpha value is -0.910. The van der Waals surface area contributed by atoms with Gasteiger partial charge in [0.1, 0.15) is 0 Å². The normalized spacial score (nSPS) is 22.4. The molecule has 0 radical (unpaired) electrons. The van der Waals surface area contributed by atoms with E-state index in [1.165, 1.54) is 0 Å². The molecule has 0 aliphatic carbocycles. The summed E-state index contributed by atoms with van der Waals surface area (Å²) in [5.41, 5.74) is 6.86. The van der Waals surface area contributed by atoms with Crippen LogP contribution in [0.2, 0.25) is 5.02 Å². The van der Waals surface area contributed by atoms with Gasteiger partial charge in [-0.25, -0.2) is 0 Å². The van der Waals surface area contributed by atoms with Crippen LogP contribution in [0.15, 0.2) is 18.2 Å². The number of carbonyl (C=O) groups is 1. The zero-order chi connectivity index (χ0) is 13.8. The number of thioether (sulfide) groups is 1. The highest BCUT2D eigenvalue weighted by Crippen LogP contribution is 2.27. The highest BCUT2D eigenvalue weighted by Gasteiger charge is 2.25. The third kappa shape index (κ3) is 4.03. The van der Waals surface area contributed by atoms with E-state index < -0.39 is 0 Å². The summed E-state index contributed by atoms with van der Waals surface area (Å²) in [5.74, 6) is 0.346. The van der Waals surface area contributed by atoms with Gasteiger partial charge in [-0.05, 0) is 31.5 Å². The number of rotatable bonds is 4. The van der Waals surface area contributed by atoms with Crippen molar-refractivity contribution in [1.29, 1.82) is 0 Å². The molecule has 19 heavy (non-hydrogen) atoms. The average molecular weight is 301 g/mol. The Bertz CT molecular complexity index is 470. The number of nitrogens with two attached hydrogens (primary N) is 1. The van der Waals surface area contributed by atoms with Crippen LogP contribution in [0.3, 0.4) is 0 Å². The minimum atomic E-state index is -0.0573. The molecule has 1 amide bonds. The van der Waals surface area contributed by atoms with E-state index in [2.05, 4.69) is 5.32 Å². The number of carbonyl (C=O) groups excluding carboxylic acids is 1. The van der Waals surface area contributed by atoms with Gasteiger partial charge in [0.15, 0.2) is 0 Å². The number of halogens is 1. The summed E-state index contributed by atoms with van der Waals surface area (Å²) in [7, 11) is 0. The summed E-state index contributed by atoms with van der Waals surface area (Å²) in [5, 5.41) is 3.75. The number of anilines is 2. The van der Waals surface area contributed by atoms with Gasteiger partial charge in [0.2, 0.25) is 5.91 Å². The molecule has 104 valence electrons. The SMILES string of the molecule is CC1OCCC1SCC(=O)Nc1ccc(Cl)cc1N. The van der Waals surface area contributed by atoms with Crippen LogP contribution < -0.4 is 11.1 Å². The Labute approximate surface area is 122 Å². The third-order valence-electron chi connectivity index (χ3n) is 3.02. The molecule has 0 aromatic heterocycles. The zero-order valence-electron chi connectivity index (χ0n) is 10.7. The summed E-state index contributed by atoms with van der Waals surface area (Å²) >= 11 is 7.43. The molecule has 0 saturated carbocycles. The Morgan fingerprint density at radius 2 is 2.42 bits per heavy atom. The van der Waals surface area contributed by atoms with Crippen LogP contribution in [0.4, 0.5) is 11.4 Å². The quantitative estimate of drug-likeness (QED) is 0.839. The lowest BCUT2D eigenvalue weighted by atomic mass is 10.2. The van der Waals surface area contributed by atoms with Gasteiger partial charge in [0.05, 0.1) is 23.2 Å². The predicted octanol–water partition coefficient (Wildman–Crippen LogP) is 2.77. The van der Waals surface area contributed by atoms with E-state index in [9.17, 15) is 4.79 Å². The molecule has 1 heterocycles. The zero-order valence-corrected chi connectivity index (χ0v) is 12.3. The van der Waals surface area contributed by atoms with E-state index in [0.29, 0.717) is 27.4 Å². The molecule has 1 aliphatic heterocycles. The number of nitrogen functional groups attached to an aromatic ring is 1. The van der Waals surface area contributed by atoms with Crippen LogP contribution in [0.5, 0.6) is 0 Å². The molecule has 2 rings (SSSR count). The van der Waals surface area contributed by atoms with E-state index in [1.54, 1.807) is 30.0 Å². The summed E-state index contributed by atoms with van der Waals surface area (Å²) in [6.45, 7) is 2.82. The molecule has 1 saturated heterocycles. The van der Waals surface area contributed by atoms with Crippen molar-refractivity contribution < 1.29 is 9.53 Å². The summed E-state index contributed by atoms with van der Waals surface area (Å²) < 4.78 is 5.46. The van der Waals surface area contributed by atoms with Crippen LogP contribution in [-0.4, -0.2) is 29.6 Å². The monoisotopic (exact) mass is 300 g/mol. The van der Waals surface area contributed by atoms with Crippen molar-refractivity contribution in [1.82, 2.24) is 0 Å². The Morgan fingerprint density at radius 1 is 1.63 bits per heavy atom. The molecule has 1 aromatic rings. The molecular formula is C13H17ClN2O2S. The van der Waals surface area contributed by atoms with Gasteiger partial charge in [-0.1, -0.05) is 11.6 Å². The van der Waals surface area contributed by atoms with Crippen LogP contribution in [-0.2, 0) is 9.53 Å². The Morgan fingerprint density at radius 3 is 3.05 bits per heavy atom. The fourth-order valence-electron chi connectivity index (χ4n) is 1.95. The molecular weight excluding hydrogens is 284 g/mol. The molecule has 1 aromatic carbocycles. The van der Waals surface area contributed by atoms with Crippen molar-refractivity contribution in [3.8, 4) is 0 Å². The fourth-order valence-corrected chi connectivity index (χ4v) is 3.18. The number of benzene rings is 1. The minimum absolute atomic E-state index is 0.0573. The highest BCUT2D eigenvalue weighted by atomic mass is 35.5. The van der Waals surface area contributed by atoms with Crippen LogP contribution in [0.25, 0.3) is 0 Å². The molecule has 3 N–H and O–H groups in total. The van der Waals surface area contributed by atoms with Crippen molar-refractivity contribution in [3.05, 3.63) is 23.2 Å². The van der Waals surface area contributed by atoms with Crippen LogP contribution in [0.1, 0.15) is 13.3 Å². The van der Waals surface area contributed by atoms with Crippen molar-refractivity contribution >= 4 is 40.6 Å². The number of hydrogen-bond donors (Lipinski definition) is 2. The summed E-state index contributed by atoms with van der Waals surface area (Å²) in [6.07, 6.45) is 1.22. The van der Waals surface area contributed by atoms with E-state index in [0.717, 1.165) is 13.0 Å². The fraction of sp³-hybridized carbons (Fsp3) is 0.462. The minimum Gasteiger partial charge on any atom is -0.397 e. The summed E-state index contributed by atoms with van der Waals surface area (Å²) in [6, 6.07) is 5.03. The van der Waals surface area contributed by atoms with E-state index in [-0.39, 0.29) is 12.0 Å². The van der Waals surface area contributed by atoms with E-state index in [1.807, 2.05) is 6.92 Å². The first-order valence-corrected chi connectivity index (χ1v) is 7.57. The maximum absolute atomic E-state index is 11.9. The van der Waals surface area contributed by atoms with E-state index >= 15 is 0 Å². The molecule has 0 spiro atoms. The van der Waals surface area contributed by atoms with Gasteiger partial charge in [-0.3, -0.25) is 4.79 Å². The van der Waals surface area contributed by atoms with Gasteiger partial charge < -0.3 is 15.8 Å². The third-order valence-corrected chi connectivity index (χ3v) is 4.73. The first kappa shape index (κ1) is 14.5. The van der Waals surface area contributed by atoms with Crippen molar-refractivity contribution in [3.63, 3.8) is 0 Å². The topological polar surface area (TPSA) is 64.3 Å². The largest absolute Gasteiger partial charge is 0.397 e. The number of amides is 1. The molecule has 0 bridgehead atoms. The van der Waals surface area contributed by atoms with Gasteiger partial charge in [0.25, 0.3) is 0 Å². The first-order valence-electron chi connectivity index (χ1n) is 6.14. The number of ether oxygens (including phenoxy) is 1. The lowest BCUT2D eigenvalue weighted by Gasteiger charge is -2.13. The van der Waals surface area contributed by atoms with Crippen LogP contribution >= 0.6 is 23.4 Å². The highest BCUT2D eigenvalue weighted by molar-refractivity contribution is 8.00. The Kier molecular flexibility index (Phi) is 4.96. The summed E-state index contributed by atoms with van der Waals surface area (Å²) in [4.78, 5) is 11.9. The van der Waals surface area contributed by atoms with Gasteiger partial charge in [-0.2, -0.15) is 0 Å². The van der Waals surface area contributed by atoms with Crippen molar-refractivity contribution in [2.24, 2.45) is 0 Å². The second-order valence-electron chi connectivity index (χ2n) is 4.49. The maximum atomic E-state index is 11.9.